The Morgan fingerprint density at radius 2 is 1.52 bits per heavy atom. The highest BCUT2D eigenvalue weighted by Crippen LogP contribution is 2.38. The molecule has 0 aliphatic carbocycles. The standard InChI is InChI=1S/C22H17N3/c23-22(24)19-11-4-9-16(15-7-2-1-3-8-15)21(19)18-10-5-13-20-17(18)12-6-14-25-20/h1-14H,(H3,23,24). The minimum Gasteiger partial charge on any atom is -0.384 e. The second kappa shape index (κ2) is 6.21. The van der Waals surface area contributed by atoms with Gasteiger partial charge >= 0.3 is 0 Å². The minimum atomic E-state index is 0.0636. The van der Waals surface area contributed by atoms with Gasteiger partial charge in [0.25, 0.3) is 0 Å². The van der Waals surface area contributed by atoms with Gasteiger partial charge in [0.1, 0.15) is 5.84 Å². The molecule has 0 aliphatic heterocycles. The Hall–Kier alpha value is -3.46. The van der Waals surface area contributed by atoms with Crippen molar-refractivity contribution >= 4 is 16.7 Å². The van der Waals surface area contributed by atoms with Crippen LogP contribution in [0.3, 0.4) is 0 Å². The SMILES string of the molecule is N=C(N)c1cccc(-c2ccccc2)c1-c1cccc2ncccc12. The number of nitrogens with two attached hydrogens (primary N) is 1. The number of aromatic nitrogens is 1. The maximum Gasteiger partial charge on any atom is 0.123 e. The van der Waals surface area contributed by atoms with Gasteiger partial charge in [0.15, 0.2) is 0 Å². The van der Waals surface area contributed by atoms with Gasteiger partial charge in [-0.05, 0) is 28.8 Å². The van der Waals surface area contributed by atoms with Gasteiger partial charge in [-0.1, -0.05) is 66.7 Å². The summed E-state index contributed by atoms with van der Waals surface area (Å²) in [7, 11) is 0. The molecule has 0 unspecified atom stereocenters. The third kappa shape index (κ3) is 2.66. The topological polar surface area (TPSA) is 62.8 Å². The third-order valence-electron chi connectivity index (χ3n) is 4.35. The predicted molar refractivity (Wildman–Crippen MR) is 104 cm³/mol. The number of benzene rings is 3. The molecule has 0 bridgehead atoms. The summed E-state index contributed by atoms with van der Waals surface area (Å²) < 4.78 is 0. The van der Waals surface area contributed by atoms with Gasteiger partial charge in [-0.25, -0.2) is 0 Å². The zero-order chi connectivity index (χ0) is 17.2. The molecule has 3 N–H and O–H groups in total. The molecule has 3 heteroatoms. The van der Waals surface area contributed by atoms with E-state index in [-0.39, 0.29) is 5.84 Å². The van der Waals surface area contributed by atoms with E-state index in [9.17, 15) is 0 Å². The number of nitrogens with zero attached hydrogens (tertiary/aromatic N) is 1. The summed E-state index contributed by atoms with van der Waals surface area (Å²) in [6, 6.07) is 26.2. The molecule has 1 aromatic heterocycles. The van der Waals surface area contributed by atoms with E-state index < -0.39 is 0 Å². The number of hydrogen-bond donors (Lipinski definition) is 2. The first kappa shape index (κ1) is 15.1. The van der Waals surface area contributed by atoms with Crippen LogP contribution in [0.2, 0.25) is 0 Å². The molecule has 120 valence electrons. The van der Waals surface area contributed by atoms with Crippen LogP contribution in [-0.2, 0) is 0 Å². The van der Waals surface area contributed by atoms with Crippen LogP contribution in [0.5, 0.6) is 0 Å². The Bertz CT molecular complexity index is 1060. The fourth-order valence-electron chi connectivity index (χ4n) is 3.25. The number of fused-ring (bicyclic) bond motifs is 1. The number of pyridine rings is 1. The second-order valence-corrected chi connectivity index (χ2v) is 5.88. The van der Waals surface area contributed by atoms with Crippen LogP contribution in [0.15, 0.2) is 85.1 Å². The smallest absolute Gasteiger partial charge is 0.123 e. The van der Waals surface area contributed by atoms with Gasteiger partial charge in [-0.3, -0.25) is 10.4 Å². The van der Waals surface area contributed by atoms with E-state index in [0.717, 1.165) is 38.7 Å². The van der Waals surface area contributed by atoms with Crippen molar-refractivity contribution in [2.75, 3.05) is 0 Å². The van der Waals surface area contributed by atoms with Crippen LogP contribution in [0, 0.1) is 5.41 Å². The van der Waals surface area contributed by atoms with Crippen molar-refractivity contribution in [2.45, 2.75) is 0 Å². The van der Waals surface area contributed by atoms with Crippen LogP contribution in [-0.4, -0.2) is 10.8 Å². The largest absolute Gasteiger partial charge is 0.384 e. The summed E-state index contributed by atoms with van der Waals surface area (Å²) >= 11 is 0. The number of amidine groups is 1. The van der Waals surface area contributed by atoms with E-state index in [1.165, 1.54) is 0 Å². The average molecular weight is 323 g/mol. The van der Waals surface area contributed by atoms with Crippen molar-refractivity contribution in [1.82, 2.24) is 4.98 Å². The number of rotatable bonds is 3. The third-order valence-corrected chi connectivity index (χ3v) is 4.35. The fourth-order valence-corrected chi connectivity index (χ4v) is 3.25. The molecular weight excluding hydrogens is 306 g/mol. The van der Waals surface area contributed by atoms with Crippen molar-refractivity contribution in [3.05, 3.63) is 90.6 Å². The van der Waals surface area contributed by atoms with Gasteiger partial charge in [0, 0.05) is 22.7 Å². The number of hydrogen-bond acceptors (Lipinski definition) is 2. The summed E-state index contributed by atoms with van der Waals surface area (Å²) in [5.74, 6) is 0.0636. The summed E-state index contributed by atoms with van der Waals surface area (Å²) in [6.07, 6.45) is 1.79. The van der Waals surface area contributed by atoms with Crippen LogP contribution < -0.4 is 5.73 Å². The summed E-state index contributed by atoms with van der Waals surface area (Å²) in [5.41, 5.74) is 11.7. The number of nitrogen functional groups attached to an aromatic ring is 1. The second-order valence-electron chi connectivity index (χ2n) is 5.88. The Kier molecular flexibility index (Phi) is 3.75. The van der Waals surface area contributed by atoms with Gasteiger partial charge < -0.3 is 5.73 Å². The van der Waals surface area contributed by atoms with E-state index in [1.54, 1.807) is 6.20 Å². The lowest BCUT2D eigenvalue weighted by Gasteiger charge is -2.16. The quantitative estimate of drug-likeness (QED) is 0.418. The molecule has 0 saturated carbocycles. The van der Waals surface area contributed by atoms with Crippen molar-refractivity contribution in [1.29, 1.82) is 5.41 Å². The van der Waals surface area contributed by atoms with Crippen molar-refractivity contribution < 1.29 is 0 Å². The summed E-state index contributed by atoms with van der Waals surface area (Å²) in [4.78, 5) is 4.46. The van der Waals surface area contributed by atoms with Gasteiger partial charge in [0.05, 0.1) is 5.52 Å². The molecule has 3 aromatic carbocycles. The van der Waals surface area contributed by atoms with Gasteiger partial charge in [-0.2, -0.15) is 0 Å². The van der Waals surface area contributed by atoms with Crippen LogP contribution >= 0.6 is 0 Å². The van der Waals surface area contributed by atoms with E-state index in [2.05, 4.69) is 35.3 Å². The lowest BCUT2D eigenvalue weighted by atomic mass is 9.88. The van der Waals surface area contributed by atoms with Gasteiger partial charge in [0.2, 0.25) is 0 Å². The van der Waals surface area contributed by atoms with Crippen LogP contribution in [0.4, 0.5) is 0 Å². The molecule has 25 heavy (non-hydrogen) atoms. The molecule has 0 radical (unpaired) electrons. The summed E-state index contributed by atoms with van der Waals surface area (Å²) in [5, 5.41) is 9.11. The highest BCUT2D eigenvalue weighted by Gasteiger charge is 2.16. The molecule has 0 amide bonds. The van der Waals surface area contributed by atoms with Crippen molar-refractivity contribution in [3.8, 4) is 22.3 Å². The van der Waals surface area contributed by atoms with E-state index in [0.29, 0.717) is 0 Å². The Morgan fingerprint density at radius 3 is 2.32 bits per heavy atom. The Morgan fingerprint density at radius 1 is 0.760 bits per heavy atom. The zero-order valence-electron chi connectivity index (χ0n) is 13.6. The maximum absolute atomic E-state index is 8.05. The highest BCUT2D eigenvalue weighted by atomic mass is 14.7. The molecule has 0 spiro atoms. The molecule has 0 fully saturated rings. The zero-order valence-corrected chi connectivity index (χ0v) is 13.6. The van der Waals surface area contributed by atoms with E-state index in [1.807, 2.05) is 48.5 Å². The molecule has 1 heterocycles. The molecule has 0 aliphatic rings. The maximum atomic E-state index is 8.05. The van der Waals surface area contributed by atoms with Gasteiger partial charge in [-0.15, -0.1) is 0 Å². The average Bonchev–Trinajstić information content (AvgIpc) is 2.67. The first-order valence-corrected chi connectivity index (χ1v) is 8.12. The van der Waals surface area contributed by atoms with E-state index >= 15 is 0 Å². The first-order valence-electron chi connectivity index (χ1n) is 8.12. The van der Waals surface area contributed by atoms with Crippen LogP contribution in [0.1, 0.15) is 5.56 Å². The molecule has 0 saturated heterocycles. The normalized spacial score (nSPS) is 10.7. The fraction of sp³-hybridized carbons (Fsp3) is 0. The monoisotopic (exact) mass is 323 g/mol. The first-order chi connectivity index (χ1) is 12.3. The predicted octanol–water partition coefficient (Wildman–Crippen LogP) is 4.85. The lowest BCUT2D eigenvalue weighted by molar-refractivity contribution is 1.40. The summed E-state index contributed by atoms with van der Waals surface area (Å²) in [6.45, 7) is 0. The molecular formula is C22H17N3. The molecule has 4 aromatic rings. The Balaban J connectivity index is 2.11. The molecule has 3 nitrogen and oxygen atoms in total. The van der Waals surface area contributed by atoms with Crippen molar-refractivity contribution in [3.63, 3.8) is 0 Å². The van der Waals surface area contributed by atoms with Crippen LogP contribution in [0.25, 0.3) is 33.2 Å². The minimum absolute atomic E-state index is 0.0636. The number of nitrogens with one attached hydrogen (secondary N) is 1. The molecule has 0 atom stereocenters. The lowest BCUT2D eigenvalue weighted by Crippen LogP contribution is -2.13. The van der Waals surface area contributed by atoms with Crippen molar-refractivity contribution in [2.24, 2.45) is 5.73 Å². The van der Waals surface area contributed by atoms with E-state index in [4.69, 9.17) is 11.1 Å². The Labute approximate surface area is 146 Å². The molecule has 4 rings (SSSR count). The highest BCUT2D eigenvalue weighted by molar-refractivity contribution is 6.09.